The summed E-state index contributed by atoms with van der Waals surface area (Å²) in [7, 11) is 4.37. The molecule has 1 heterocycles. The third-order valence-electron chi connectivity index (χ3n) is 4.06. The summed E-state index contributed by atoms with van der Waals surface area (Å²) in [6.07, 6.45) is 2.77. The molecule has 1 saturated heterocycles. The van der Waals surface area contributed by atoms with E-state index in [9.17, 15) is 0 Å². The third-order valence-corrected chi connectivity index (χ3v) is 4.06. The fourth-order valence-electron chi connectivity index (χ4n) is 3.03. The van der Waals surface area contributed by atoms with Gasteiger partial charge in [-0.2, -0.15) is 0 Å². The SMILES string of the molecule is CN(C)N1[C@H](C(C)(C)C)C[C@@]2(C)C[C@@H]12. The normalized spacial score (nSPS) is 43.1. The van der Waals surface area contributed by atoms with Crippen LogP contribution in [0.1, 0.15) is 40.5 Å². The predicted molar refractivity (Wildman–Crippen MR) is 59.9 cm³/mol. The highest BCUT2D eigenvalue weighted by Gasteiger charge is 2.63. The molecule has 1 aliphatic heterocycles. The molecule has 14 heavy (non-hydrogen) atoms. The van der Waals surface area contributed by atoms with Gasteiger partial charge in [0.05, 0.1) is 0 Å². The van der Waals surface area contributed by atoms with Crippen LogP contribution in [0.2, 0.25) is 0 Å². The van der Waals surface area contributed by atoms with Gasteiger partial charge in [-0.1, -0.05) is 27.7 Å². The Balaban J connectivity index is 2.19. The zero-order valence-electron chi connectivity index (χ0n) is 10.5. The standard InChI is InChI=1S/C12H24N2/c1-11(2,3)9-7-12(4)8-10(12)14(9)13(5)6/h9-10H,7-8H2,1-6H3/t9-,10+,12-/m0/s1. The molecule has 0 unspecified atom stereocenters. The van der Waals surface area contributed by atoms with Crippen LogP contribution in [0.15, 0.2) is 0 Å². The van der Waals surface area contributed by atoms with E-state index in [1.165, 1.54) is 12.8 Å². The smallest absolute Gasteiger partial charge is 0.0309 e. The second-order valence-corrected chi connectivity index (χ2v) is 6.69. The summed E-state index contributed by atoms with van der Waals surface area (Å²) in [6.45, 7) is 9.53. The van der Waals surface area contributed by atoms with Crippen LogP contribution in [0, 0.1) is 10.8 Å². The lowest BCUT2D eigenvalue weighted by Crippen LogP contribution is -2.48. The predicted octanol–water partition coefficient (Wildman–Crippen LogP) is 2.36. The highest BCUT2D eigenvalue weighted by atomic mass is 15.7. The quantitative estimate of drug-likeness (QED) is 0.635. The maximum atomic E-state index is 2.61. The lowest BCUT2D eigenvalue weighted by Gasteiger charge is -2.40. The second-order valence-electron chi connectivity index (χ2n) is 6.69. The maximum absolute atomic E-state index is 2.61. The van der Waals surface area contributed by atoms with Gasteiger partial charge < -0.3 is 0 Å². The number of fused-ring (bicyclic) bond motifs is 1. The third kappa shape index (κ3) is 1.40. The molecule has 0 amide bonds. The summed E-state index contributed by atoms with van der Waals surface area (Å²) >= 11 is 0. The van der Waals surface area contributed by atoms with Crippen molar-refractivity contribution in [1.29, 1.82) is 0 Å². The van der Waals surface area contributed by atoms with E-state index in [-0.39, 0.29) is 0 Å². The van der Waals surface area contributed by atoms with E-state index in [2.05, 4.69) is 51.8 Å². The number of piperidine rings is 1. The van der Waals surface area contributed by atoms with Crippen molar-refractivity contribution in [1.82, 2.24) is 10.0 Å². The molecule has 2 heteroatoms. The van der Waals surface area contributed by atoms with Crippen LogP contribution in [0.4, 0.5) is 0 Å². The first kappa shape index (κ1) is 10.4. The molecular formula is C12H24N2. The van der Waals surface area contributed by atoms with Crippen molar-refractivity contribution < 1.29 is 0 Å². The van der Waals surface area contributed by atoms with Gasteiger partial charge in [0.1, 0.15) is 0 Å². The van der Waals surface area contributed by atoms with E-state index in [0.29, 0.717) is 10.8 Å². The number of hydrazine groups is 1. The molecule has 0 N–H and O–H groups in total. The van der Waals surface area contributed by atoms with Gasteiger partial charge >= 0.3 is 0 Å². The highest BCUT2D eigenvalue weighted by molar-refractivity contribution is 5.15. The molecule has 2 fully saturated rings. The molecule has 0 aromatic heterocycles. The minimum absolute atomic E-state index is 0.403. The number of nitrogens with zero attached hydrogens (tertiary/aromatic N) is 2. The van der Waals surface area contributed by atoms with Crippen LogP contribution in [-0.2, 0) is 0 Å². The largest absolute Gasteiger partial charge is 0.247 e. The van der Waals surface area contributed by atoms with E-state index >= 15 is 0 Å². The Labute approximate surface area is 88.2 Å². The van der Waals surface area contributed by atoms with Crippen LogP contribution in [0.3, 0.4) is 0 Å². The van der Waals surface area contributed by atoms with Crippen LogP contribution < -0.4 is 0 Å². The first-order valence-corrected chi connectivity index (χ1v) is 5.71. The van der Waals surface area contributed by atoms with E-state index in [0.717, 1.165) is 12.1 Å². The van der Waals surface area contributed by atoms with Gasteiger partial charge in [0.25, 0.3) is 0 Å². The molecule has 0 radical (unpaired) electrons. The van der Waals surface area contributed by atoms with Crippen LogP contribution >= 0.6 is 0 Å². The fourth-order valence-corrected chi connectivity index (χ4v) is 3.03. The Morgan fingerprint density at radius 2 is 1.79 bits per heavy atom. The topological polar surface area (TPSA) is 6.48 Å². The van der Waals surface area contributed by atoms with Crippen molar-refractivity contribution in [2.45, 2.75) is 52.6 Å². The van der Waals surface area contributed by atoms with E-state index in [4.69, 9.17) is 0 Å². The second kappa shape index (κ2) is 2.73. The average molecular weight is 196 g/mol. The van der Waals surface area contributed by atoms with Crippen molar-refractivity contribution in [2.75, 3.05) is 14.1 Å². The van der Waals surface area contributed by atoms with Gasteiger partial charge in [0.15, 0.2) is 0 Å². The Morgan fingerprint density at radius 1 is 1.21 bits per heavy atom. The van der Waals surface area contributed by atoms with Gasteiger partial charge in [-0.05, 0) is 23.7 Å². The minimum Gasteiger partial charge on any atom is -0.247 e. The lowest BCUT2D eigenvalue weighted by atomic mass is 9.82. The number of hydrogen-bond donors (Lipinski definition) is 0. The van der Waals surface area contributed by atoms with Crippen molar-refractivity contribution in [3.05, 3.63) is 0 Å². The Hall–Kier alpha value is -0.0800. The molecule has 1 aliphatic carbocycles. The van der Waals surface area contributed by atoms with E-state index in [1.807, 2.05) is 0 Å². The molecular weight excluding hydrogens is 172 g/mol. The monoisotopic (exact) mass is 196 g/mol. The van der Waals surface area contributed by atoms with Gasteiger partial charge in [-0.3, -0.25) is 0 Å². The maximum Gasteiger partial charge on any atom is 0.0309 e. The van der Waals surface area contributed by atoms with Crippen molar-refractivity contribution in [2.24, 2.45) is 10.8 Å². The molecule has 0 aromatic rings. The molecule has 82 valence electrons. The van der Waals surface area contributed by atoms with Gasteiger partial charge in [-0.15, -0.1) is 0 Å². The molecule has 3 atom stereocenters. The molecule has 0 spiro atoms. The summed E-state index contributed by atoms with van der Waals surface area (Å²) in [5.41, 5.74) is 1.03. The average Bonchev–Trinajstić information content (AvgIpc) is 2.51. The Bertz CT molecular complexity index is 241. The molecule has 2 rings (SSSR count). The van der Waals surface area contributed by atoms with Crippen molar-refractivity contribution in [3.8, 4) is 0 Å². The van der Waals surface area contributed by atoms with Crippen molar-refractivity contribution in [3.63, 3.8) is 0 Å². The Morgan fingerprint density at radius 3 is 2.14 bits per heavy atom. The van der Waals surface area contributed by atoms with Gasteiger partial charge in [-0.25, -0.2) is 10.0 Å². The summed E-state index contributed by atoms with van der Waals surface area (Å²) in [4.78, 5) is 0. The molecule has 0 aromatic carbocycles. The lowest BCUT2D eigenvalue weighted by molar-refractivity contribution is -0.0474. The Kier molecular flexibility index (Phi) is 2.04. The van der Waals surface area contributed by atoms with Crippen LogP contribution in [-0.4, -0.2) is 36.2 Å². The van der Waals surface area contributed by atoms with Crippen molar-refractivity contribution >= 4 is 0 Å². The van der Waals surface area contributed by atoms with Gasteiger partial charge in [0.2, 0.25) is 0 Å². The number of rotatable bonds is 1. The summed E-state index contributed by atoms with van der Waals surface area (Å²) in [5, 5.41) is 4.92. The fraction of sp³-hybridized carbons (Fsp3) is 1.00. The zero-order chi connectivity index (χ0) is 10.7. The number of hydrogen-bond acceptors (Lipinski definition) is 2. The van der Waals surface area contributed by atoms with Crippen LogP contribution in [0.5, 0.6) is 0 Å². The highest BCUT2D eigenvalue weighted by Crippen LogP contribution is 2.61. The molecule has 0 bridgehead atoms. The summed E-state index contributed by atoms with van der Waals surface area (Å²) < 4.78 is 0. The summed E-state index contributed by atoms with van der Waals surface area (Å²) in [6, 6.07) is 1.54. The first-order valence-electron chi connectivity index (χ1n) is 5.71. The molecule has 1 saturated carbocycles. The minimum atomic E-state index is 0.403. The van der Waals surface area contributed by atoms with E-state index in [1.54, 1.807) is 0 Å². The van der Waals surface area contributed by atoms with Crippen LogP contribution in [0.25, 0.3) is 0 Å². The van der Waals surface area contributed by atoms with Gasteiger partial charge in [0, 0.05) is 26.2 Å². The first-order chi connectivity index (χ1) is 6.26. The molecule has 2 nitrogen and oxygen atoms in total. The summed E-state index contributed by atoms with van der Waals surface area (Å²) in [5.74, 6) is 0. The van der Waals surface area contributed by atoms with E-state index < -0.39 is 0 Å². The zero-order valence-corrected chi connectivity index (χ0v) is 10.5. The molecule has 2 aliphatic rings.